The number of benzene rings is 1. The Morgan fingerprint density at radius 2 is 1.97 bits per heavy atom. The number of thiophene rings is 1. The van der Waals surface area contributed by atoms with E-state index in [4.69, 9.17) is 0 Å². The fourth-order valence-corrected chi connectivity index (χ4v) is 5.16. The molecule has 1 unspecified atom stereocenters. The van der Waals surface area contributed by atoms with Gasteiger partial charge in [0.2, 0.25) is 11.8 Å². The number of nitrogens with zero attached hydrogens (tertiary/aromatic N) is 2. The molecule has 3 rings (SSSR count). The molecule has 1 aromatic carbocycles. The minimum Gasteiger partial charge on any atom is -0.333 e. The third-order valence-electron chi connectivity index (χ3n) is 6.17. The molecular formula is C26H36N2O2S. The van der Waals surface area contributed by atoms with Crippen molar-refractivity contribution >= 4 is 23.2 Å². The predicted octanol–water partition coefficient (Wildman–Crippen LogP) is 5.60. The van der Waals surface area contributed by atoms with Crippen molar-refractivity contribution in [2.75, 3.05) is 19.6 Å². The van der Waals surface area contributed by atoms with Crippen molar-refractivity contribution in [1.82, 2.24) is 9.80 Å². The first-order valence-electron chi connectivity index (χ1n) is 11.6. The van der Waals surface area contributed by atoms with E-state index in [1.54, 1.807) is 16.2 Å². The van der Waals surface area contributed by atoms with E-state index in [1.807, 2.05) is 11.0 Å². The zero-order chi connectivity index (χ0) is 22.4. The van der Waals surface area contributed by atoms with Crippen LogP contribution in [0.5, 0.6) is 0 Å². The molecule has 0 N–H and O–H groups in total. The summed E-state index contributed by atoms with van der Waals surface area (Å²) in [5.74, 6) is 0.662. The van der Waals surface area contributed by atoms with Crippen molar-refractivity contribution in [3.63, 3.8) is 0 Å². The van der Waals surface area contributed by atoms with Crippen molar-refractivity contribution in [1.29, 1.82) is 0 Å². The molecule has 5 heteroatoms. The van der Waals surface area contributed by atoms with Gasteiger partial charge in [-0.15, -0.1) is 11.3 Å². The fraction of sp³-hybridized carbons (Fsp3) is 0.538. The van der Waals surface area contributed by atoms with Gasteiger partial charge in [-0.2, -0.15) is 0 Å². The largest absolute Gasteiger partial charge is 0.333 e. The van der Waals surface area contributed by atoms with E-state index in [9.17, 15) is 9.59 Å². The van der Waals surface area contributed by atoms with Crippen LogP contribution in [-0.2, 0) is 16.0 Å². The molecule has 1 aliphatic rings. The highest BCUT2D eigenvalue weighted by molar-refractivity contribution is 7.10. The molecule has 0 aliphatic carbocycles. The third-order valence-corrected chi connectivity index (χ3v) is 7.17. The molecule has 0 spiro atoms. The zero-order valence-electron chi connectivity index (χ0n) is 19.4. The summed E-state index contributed by atoms with van der Waals surface area (Å²) >= 11 is 1.78. The summed E-state index contributed by atoms with van der Waals surface area (Å²) in [6.45, 7) is 10.1. The topological polar surface area (TPSA) is 40.6 Å². The van der Waals surface area contributed by atoms with Crippen LogP contribution in [0.4, 0.5) is 0 Å². The summed E-state index contributed by atoms with van der Waals surface area (Å²) in [5, 5.41) is 2.13. The molecule has 168 valence electrons. The number of hydrogen-bond acceptors (Lipinski definition) is 3. The van der Waals surface area contributed by atoms with Gasteiger partial charge in [-0.05, 0) is 60.2 Å². The van der Waals surface area contributed by atoms with E-state index >= 15 is 0 Å². The second-order valence-electron chi connectivity index (χ2n) is 9.00. The first-order chi connectivity index (χ1) is 14.9. The van der Waals surface area contributed by atoms with Crippen molar-refractivity contribution in [3.05, 3.63) is 57.3 Å². The number of unbranched alkanes of at least 4 members (excludes halogenated alkanes) is 1. The molecule has 1 atom stereocenters. The van der Waals surface area contributed by atoms with Crippen LogP contribution in [0, 0.1) is 12.8 Å². The summed E-state index contributed by atoms with van der Waals surface area (Å²) in [4.78, 5) is 31.6. The molecule has 0 bridgehead atoms. The maximum atomic E-state index is 13.6. The lowest BCUT2D eigenvalue weighted by Gasteiger charge is -2.38. The van der Waals surface area contributed by atoms with Gasteiger partial charge in [0.1, 0.15) is 0 Å². The molecule has 2 amide bonds. The molecule has 0 saturated heterocycles. The van der Waals surface area contributed by atoms with Crippen LogP contribution in [0.15, 0.2) is 35.7 Å². The van der Waals surface area contributed by atoms with Crippen LogP contribution in [0.25, 0.3) is 0 Å². The normalized spacial score (nSPS) is 15.8. The maximum absolute atomic E-state index is 13.6. The lowest BCUT2D eigenvalue weighted by Crippen LogP contribution is -2.47. The van der Waals surface area contributed by atoms with Crippen LogP contribution in [0.3, 0.4) is 0 Å². The Labute approximate surface area is 191 Å². The number of carbonyl (C=O) groups is 2. The fourth-order valence-electron chi connectivity index (χ4n) is 4.26. The Bertz CT molecular complexity index is 889. The molecule has 31 heavy (non-hydrogen) atoms. The summed E-state index contributed by atoms with van der Waals surface area (Å²) in [5.41, 5.74) is 3.62. The first-order valence-corrected chi connectivity index (χ1v) is 12.5. The molecule has 2 aromatic rings. The van der Waals surface area contributed by atoms with E-state index < -0.39 is 0 Å². The van der Waals surface area contributed by atoms with Crippen LogP contribution in [0.1, 0.15) is 74.1 Å². The lowest BCUT2D eigenvalue weighted by atomic mass is 9.90. The lowest BCUT2D eigenvalue weighted by molar-refractivity contribution is -0.142. The van der Waals surface area contributed by atoms with Crippen molar-refractivity contribution in [2.24, 2.45) is 5.92 Å². The average Bonchev–Trinajstić information content (AvgIpc) is 3.23. The highest BCUT2D eigenvalue weighted by Gasteiger charge is 2.34. The van der Waals surface area contributed by atoms with Gasteiger partial charge in [0.05, 0.1) is 12.6 Å². The Balaban J connectivity index is 1.85. The standard InChI is InChI=1S/C26H36N2O2S/c1-5-6-11-24(29)27(15-12-19(2)3)18-25(30)28-16-13-23-22(14-17-31-23)26(28)21-10-8-7-9-20(21)4/h7-10,14,17,19,26H,5-6,11-13,15-16,18H2,1-4H3. The van der Waals surface area contributed by atoms with Gasteiger partial charge in [0, 0.05) is 24.4 Å². The van der Waals surface area contributed by atoms with Crippen LogP contribution in [-0.4, -0.2) is 41.2 Å². The van der Waals surface area contributed by atoms with Gasteiger partial charge >= 0.3 is 0 Å². The minimum atomic E-state index is -0.0682. The smallest absolute Gasteiger partial charge is 0.242 e. The molecule has 2 heterocycles. The summed E-state index contributed by atoms with van der Waals surface area (Å²) in [6.07, 6.45) is 4.19. The van der Waals surface area contributed by atoms with E-state index in [2.05, 4.69) is 57.3 Å². The number of amides is 2. The molecule has 0 radical (unpaired) electrons. The quantitative estimate of drug-likeness (QED) is 0.509. The zero-order valence-corrected chi connectivity index (χ0v) is 20.2. The van der Waals surface area contributed by atoms with Gasteiger partial charge in [0.25, 0.3) is 0 Å². The Morgan fingerprint density at radius 3 is 2.68 bits per heavy atom. The molecular weight excluding hydrogens is 404 g/mol. The van der Waals surface area contributed by atoms with E-state index in [0.29, 0.717) is 25.4 Å². The SMILES string of the molecule is CCCCC(=O)N(CCC(C)C)CC(=O)N1CCc2sccc2C1c1ccccc1C. The van der Waals surface area contributed by atoms with Crippen molar-refractivity contribution in [2.45, 2.75) is 65.8 Å². The highest BCUT2D eigenvalue weighted by atomic mass is 32.1. The second-order valence-corrected chi connectivity index (χ2v) is 10.00. The highest BCUT2D eigenvalue weighted by Crippen LogP contribution is 2.39. The Morgan fingerprint density at radius 1 is 1.19 bits per heavy atom. The van der Waals surface area contributed by atoms with E-state index in [-0.39, 0.29) is 24.4 Å². The van der Waals surface area contributed by atoms with Crippen LogP contribution in [0.2, 0.25) is 0 Å². The van der Waals surface area contributed by atoms with Crippen LogP contribution < -0.4 is 0 Å². The average molecular weight is 441 g/mol. The minimum absolute atomic E-state index is 0.0544. The van der Waals surface area contributed by atoms with Gasteiger partial charge in [-0.3, -0.25) is 9.59 Å². The van der Waals surface area contributed by atoms with Gasteiger partial charge in [-0.25, -0.2) is 0 Å². The number of hydrogen-bond donors (Lipinski definition) is 0. The van der Waals surface area contributed by atoms with Gasteiger partial charge in [0.15, 0.2) is 0 Å². The van der Waals surface area contributed by atoms with Gasteiger partial charge in [-0.1, -0.05) is 51.5 Å². The number of rotatable bonds is 9. The number of aryl methyl sites for hydroxylation is 1. The molecule has 1 aromatic heterocycles. The van der Waals surface area contributed by atoms with E-state index in [1.165, 1.54) is 21.6 Å². The summed E-state index contributed by atoms with van der Waals surface area (Å²) in [6, 6.07) is 10.4. The van der Waals surface area contributed by atoms with E-state index in [0.717, 1.165) is 25.7 Å². The monoisotopic (exact) mass is 440 g/mol. The summed E-state index contributed by atoms with van der Waals surface area (Å²) < 4.78 is 0. The van der Waals surface area contributed by atoms with Crippen LogP contribution >= 0.6 is 11.3 Å². The van der Waals surface area contributed by atoms with Crippen molar-refractivity contribution in [3.8, 4) is 0 Å². The second kappa shape index (κ2) is 10.9. The molecule has 0 saturated carbocycles. The number of carbonyl (C=O) groups excluding carboxylic acids is 2. The Hall–Kier alpha value is -2.14. The van der Waals surface area contributed by atoms with Crippen molar-refractivity contribution < 1.29 is 9.59 Å². The predicted molar refractivity (Wildman–Crippen MR) is 128 cm³/mol. The molecule has 1 aliphatic heterocycles. The third kappa shape index (κ3) is 5.76. The maximum Gasteiger partial charge on any atom is 0.242 e. The molecule has 4 nitrogen and oxygen atoms in total. The van der Waals surface area contributed by atoms with Gasteiger partial charge < -0.3 is 9.80 Å². The Kier molecular flexibility index (Phi) is 8.30. The first kappa shape index (κ1) is 23.5. The number of fused-ring (bicyclic) bond motifs is 1. The summed E-state index contributed by atoms with van der Waals surface area (Å²) in [7, 11) is 0. The molecule has 0 fully saturated rings.